The molecule has 1 aromatic carbocycles. The van der Waals surface area contributed by atoms with Crippen molar-refractivity contribution < 1.29 is 9.18 Å². The van der Waals surface area contributed by atoms with E-state index in [2.05, 4.69) is 13.8 Å². The van der Waals surface area contributed by atoms with Gasteiger partial charge in [0.05, 0.1) is 0 Å². The second-order valence-electron chi connectivity index (χ2n) is 4.51. The zero-order valence-electron chi connectivity index (χ0n) is 16.6. The number of benzene rings is 1. The van der Waals surface area contributed by atoms with Crippen molar-refractivity contribution in [3.05, 3.63) is 35.1 Å². The van der Waals surface area contributed by atoms with Gasteiger partial charge in [-0.3, -0.25) is 0 Å². The third-order valence-corrected chi connectivity index (χ3v) is 2.02. The lowest BCUT2D eigenvalue weighted by Gasteiger charge is -1.95. The van der Waals surface area contributed by atoms with E-state index in [1.54, 1.807) is 13.0 Å². The Labute approximate surface area is 139 Å². The van der Waals surface area contributed by atoms with E-state index in [0.29, 0.717) is 0 Å². The van der Waals surface area contributed by atoms with E-state index < -0.39 is 0 Å². The van der Waals surface area contributed by atoms with Gasteiger partial charge in [-0.25, -0.2) is 4.39 Å². The molecule has 1 rings (SSSR count). The summed E-state index contributed by atoms with van der Waals surface area (Å²) in [5.74, 6) is 0.0422. The van der Waals surface area contributed by atoms with Crippen molar-refractivity contribution in [1.82, 2.24) is 0 Å². The summed E-state index contributed by atoms with van der Waals surface area (Å²) in [6, 6.07) is 5.09. The summed E-state index contributed by atoms with van der Waals surface area (Å²) in [5.41, 5.74) is 1.82. The van der Waals surface area contributed by atoms with E-state index in [1.165, 1.54) is 39.2 Å². The largest absolute Gasteiger partial charge is 0.300 e. The molecule has 0 bridgehead atoms. The third-order valence-electron chi connectivity index (χ3n) is 2.02. The SMILES string of the molecule is CC.CC.CC(C)=O.CCCCC.Cc1ccc(F)c(C)c1. The van der Waals surface area contributed by atoms with Gasteiger partial charge in [0.2, 0.25) is 0 Å². The van der Waals surface area contributed by atoms with Crippen LogP contribution in [-0.4, -0.2) is 5.78 Å². The highest BCUT2D eigenvalue weighted by atomic mass is 19.1. The van der Waals surface area contributed by atoms with Gasteiger partial charge in [-0.15, -0.1) is 0 Å². The summed E-state index contributed by atoms with van der Waals surface area (Å²) in [6.45, 7) is 19.2. The minimum atomic E-state index is -0.124. The molecule has 22 heavy (non-hydrogen) atoms. The lowest BCUT2D eigenvalue weighted by Crippen LogP contribution is -1.81. The van der Waals surface area contributed by atoms with Crippen LogP contribution in [-0.2, 0) is 4.79 Å². The lowest BCUT2D eigenvalue weighted by molar-refractivity contribution is -0.114. The molecule has 0 atom stereocenters. The lowest BCUT2D eigenvalue weighted by atomic mass is 10.1. The molecule has 2 heteroatoms. The molecule has 1 aromatic rings. The zero-order chi connectivity index (χ0) is 18.6. The Morgan fingerprint density at radius 2 is 1.32 bits per heavy atom. The van der Waals surface area contributed by atoms with Crippen LogP contribution in [0.3, 0.4) is 0 Å². The minimum Gasteiger partial charge on any atom is -0.300 e. The molecule has 1 nitrogen and oxygen atoms in total. The standard InChI is InChI=1S/C8H9F.C5H12.C3H6O.2C2H6/c1-6-3-4-8(9)7(2)5-6;1-3-5-4-2;1-3(2)4;2*1-2/h3-5H,1-2H3;3-5H2,1-2H3;1-2H3;2*1-2H3. The number of hydrogen-bond acceptors (Lipinski definition) is 1. The molecule has 0 heterocycles. The van der Waals surface area contributed by atoms with Crippen LogP contribution in [0, 0.1) is 19.7 Å². The van der Waals surface area contributed by atoms with Gasteiger partial charge in [-0.1, -0.05) is 78.5 Å². The van der Waals surface area contributed by atoms with Crippen LogP contribution in [0.15, 0.2) is 18.2 Å². The average Bonchev–Trinajstić information content (AvgIpc) is 2.48. The van der Waals surface area contributed by atoms with Crippen molar-refractivity contribution in [2.24, 2.45) is 0 Å². The van der Waals surface area contributed by atoms with Gasteiger partial charge in [0.15, 0.2) is 0 Å². The van der Waals surface area contributed by atoms with E-state index in [1.807, 2.05) is 40.7 Å². The van der Waals surface area contributed by atoms with E-state index in [9.17, 15) is 9.18 Å². The number of hydrogen-bond donors (Lipinski definition) is 0. The van der Waals surface area contributed by atoms with E-state index in [4.69, 9.17) is 0 Å². The Morgan fingerprint density at radius 3 is 1.50 bits per heavy atom. The maximum absolute atomic E-state index is 12.5. The molecule has 0 unspecified atom stereocenters. The number of unbranched alkanes of at least 4 members (excludes halogenated alkanes) is 2. The molecule has 0 aliphatic heterocycles. The van der Waals surface area contributed by atoms with Crippen LogP contribution in [0.1, 0.15) is 85.8 Å². The molecular formula is C20H39FO. The van der Waals surface area contributed by atoms with Crippen molar-refractivity contribution in [2.75, 3.05) is 0 Å². The molecule has 0 spiro atoms. The molecule has 132 valence electrons. The summed E-state index contributed by atoms with van der Waals surface area (Å²) in [4.78, 5) is 9.44. The Kier molecular flexibility index (Phi) is 32.6. The molecule has 0 fully saturated rings. The number of carbonyl (C=O) groups is 1. The summed E-state index contributed by atoms with van der Waals surface area (Å²) >= 11 is 0. The second-order valence-corrected chi connectivity index (χ2v) is 4.51. The Hall–Kier alpha value is -1.18. The van der Waals surface area contributed by atoms with Crippen molar-refractivity contribution >= 4 is 5.78 Å². The Bertz CT molecular complexity index is 326. The van der Waals surface area contributed by atoms with Crippen LogP contribution in [0.25, 0.3) is 0 Å². The predicted molar refractivity (Wildman–Crippen MR) is 100 cm³/mol. The van der Waals surface area contributed by atoms with Crippen LogP contribution >= 0.6 is 0 Å². The fraction of sp³-hybridized carbons (Fsp3) is 0.650. The van der Waals surface area contributed by atoms with Gasteiger partial charge >= 0.3 is 0 Å². The fourth-order valence-corrected chi connectivity index (χ4v) is 1.15. The zero-order valence-corrected chi connectivity index (χ0v) is 16.6. The molecule has 0 aromatic heterocycles. The van der Waals surface area contributed by atoms with Gasteiger partial charge < -0.3 is 4.79 Å². The summed E-state index contributed by atoms with van der Waals surface area (Å²) in [7, 11) is 0. The molecule has 0 N–H and O–H groups in total. The Balaban J connectivity index is -0.000000107. The number of Topliss-reactive ketones (excluding diaryl/α,β-unsaturated/α-hetero) is 1. The van der Waals surface area contributed by atoms with Gasteiger partial charge in [-0.05, 0) is 39.3 Å². The van der Waals surface area contributed by atoms with Crippen LogP contribution in [0.2, 0.25) is 0 Å². The monoisotopic (exact) mass is 314 g/mol. The first kappa shape index (κ1) is 28.9. The van der Waals surface area contributed by atoms with E-state index >= 15 is 0 Å². The molecule has 0 aliphatic carbocycles. The first-order valence-corrected chi connectivity index (χ1v) is 8.55. The fourth-order valence-electron chi connectivity index (χ4n) is 1.15. The topological polar surface area (TPSA) is 17.1 Å². The molecule has 0 aliphatic rings. The minimum absolute atomic E-state index is 0.124. The summed E-state index contributed by atoms with van der Waals surface area (Å²) in [6.07, 6.45) is 4.08. The van der Waals surface area contributed by atoms with E-state index in [0.717, 1.165) is 11.1 Å². The molecule has 0 amide bonds. The first-order chi connectivity index (χ1) is 10.3. The molecular weight excluding hydrogens is 275 g/mol. The predicted octanol–water partition coefficient (Wildman–Crippen LogP) is 7.29. The summed E-state index contributed by atoms with van der Waals surface area (Å²) < 4.78 is 12.5. The molecule has 0 radical (unpaired) electrons. The highest BCUT2D eigenvalue weighted by molar-refractivity contribution is 5.72. The highest BCUT2D eigenvalue weighted by Crippen LogP contribution is 2.06. The van der Waals surface area contributed by atoms with Gasteiger partial charge in [0.1, 0.15) is 11.6 Å². The van der Waals surface area contributed by atoms with Gasteiger partial charge in [0.25, 0.3) is 0 Å². The quantitative estimate of drug-likeness (QED) is 0.560. The maximum Gasteiger partial charge on any atom is 0.126 e. The average molecular weight is 315 g/mol. The van der Waals surface area contributed by atoms with Crippen molar-refractivity contribution in [3.8, 4) is 0 Å². The number of halogens is 1. The van der Waals surface area contributed by atoms with Crippen LogP contribution in [0.5, 0.6) is 0 Å². The maximum atomic E-state index is 12.5. The van der Waals surface area contributed by atoms with Crippen molar-refractivity contribution in [1.29, 1.82) is 0 Å². The van der Waals surface area contributed by atoms with Crippen LogP contribution < -0.4 is 0 Å². The second kappa shape index (κ2) is 24.8. The number of rotatable bonds is 2. The number of carbonyl (C=O) groups excluding carboxylic acids is 1. The number of aryl methyl sites for hydroxylation is 2. The van der Waals surface area contributed by atoms with Crippen molar-refractivity contribution in [3.63, 3.8) is 0 Å². The summed E-state index contributed by atoms with van der Waals surface area (Å²) in [5, 5.41) is 0. The third kappa shape index (κ3) is 31.3. The normalized spacial score (nSPS) is 7.59. The first-order valence-electron chi connectivity index (χ1n) is 8.55. The molecule has 0 saturated carbocycles. The molecule has 0 saturated heterocycles. The van der Waals surface area contributed by atoms with Gasteiger partial charge in [-0.2, -0.15) is 0 Å². The highest BCUT2D eigenvalue weighted by Gasteiger charge is 1.93. The number of ketones is 1. The smallest absolute Gasteiger partial charge is 0.126 e. The van der Waals surface area contributed by atoms with Gasteiger partial charge in [0, 0.05) is 0 Å². The van der Waals surface area contributed by atoms with E-state index in [-0.39, 0.29) is 11.6 Å². The van der Waals surface area contributed by atoms with Crippen LogP contribution in [0.4, 0.5) is 4.39 Å². The Morgan fingerprint density at radius 1 is 0.955 bits per heavy atom. The van der Waals surface area contributed by atoms with Crippen molar-refractivity contribution in [2.45, 2.75) is 88.5 Å².